The maximum absolute atomic E-state index is 11.8. The number of hydrogen-bond acceptors (Lipinski definition) is 4. The van der Waals surface area contributed by atoms with E-state index < -0.39 is 0 Å². The molecule has 2 heterocycles. The number of carbonyl (C=O) groups is 1. The van der Waals surface area contributed by atoms with Crippen molar-refractivity contribution in [2.75, 3.05) is 11.3 Å². The molecule has 2 aromatic carbocycles. The smallest absolute Gasteiger partial charge is 0.338 e. The van der Waals surface area contributed by atoms with Crippen LogP contribution in [0.4, 0.5) is 5.69 Å². The second kappa shape index (κ2) is 6.24. The first-order valence-corrected chi connectivity index (χ1v) is 8.89. The van der Waals surface area contributed by atoms with E-state index in [1.807, 2.05) is 24.3 Å². The average molecular weight is 379 g/mol. The van der Waals surface area contributed by atoms with E-state index in [2.05, 4.69) is 9.71 Å². The van der Waals surface area contributed by atoms with Crippen LogP contribution in [0.25, 0.3) is 10.9 Å². The molecule has 3 aromatic rings. The van der Waals surface area contributed by atoms with Gasteiger partial charge in [0.2, 0.25) is 0 Å². The van der Waals surface area contributed by atoms with Gasteiger partial charge in [0.15, 0.2) is 0 Å². The summed E-state index contributed by atoms with van der Waals surface area (Å²) in [6.07, 6.45) is 2.47. The SMILES string of the molecule is O=C1OCCc2ccc(SNc3ccc(Cl)c4c(Cl)c[nH]c34)cc21. The number of hydrogen-bond donors (Lipinski definition) is 2. The lowest BCUT2D eigenvalue weighted by atomic mass is 10.0. The number of fused-ring (bicyclic) bond motifs is 2. The molecule has 7 heteroatoms. The van der Waals surface area contributed by atoms with E-state index in [0.29, 0.717) is 22.2 Å². The Hall–Kier alpha value is -1.82. The van der Waals surface area contributed by atoms with E-state index in [0.717, 1.165) is 33.5 Å². The predicted molar refractivity (Wildman–Crippen MR) is 98.2 cm³/mol. The minimum Gasteiger partial charge on any atom is -0.462 e. The van der Waals surface area contributed by atoms with Gasteiger partial charge in [0, 0.05) is 22.9 Å². The summed E-state index contributed by atoms with van der Waals surface area (Å²) in [7, 11) is 0. The fourth-order valence-electron chi connectivity index (χ4n) is 2.73. The van der Waals surface area contributed by atoms with Crippen molar-refractivity contribution in [2.24, 2.45) is 0 Å². The fourth-order valence-corrected chi connectivity index (χ4v) is 4.00. The highest BCUT2D eigenvalue weighted by atomic mass is 35.5. The van der Waals surface area contributed by atoms with Crippen molar-refractivity contribution in [3.63, 3.8) is 0 Å². The zero-order valence-corrected chi connectivity index (χ0v) is 14.7. The van der Waals surface area contributed by atoms with Crippen molar-refractivity contribution in [2.45, 2.75) is 11.3 Å². The number of nitrogens with one attached hydrogen (secondary N) is 2. The second-order valence-corrected chi connectivity index (χ2v) is 7.08. The maximum atomic E-state index is 11.8. The summed E-state index contributed by atoms with van der Waals surface area (Å²) in [6, 6.07) is 9.50. The molecule has 1 aliphatic rings. The third-order valence-electron chi connectivity index (χ3n) is 3.92. The second-order valence-electron chi connectivity index (χ2n) is 5.39. The Morgan fingerprint density at radius 2 is 2.04 bits per heavy atom. The summed E-state index contributed by atoms with van der Waals surface area (Å²) in [4.78, 5) is 15.9. The van der Waals surface area contributed by atoms with Gasteiger partial charge in [-0.2, -0.15) is 0 Å². The molecule has 0 fully saturated rings. The van der Waals surface area contributed by atoms with E-state index in [9.17, 15) is 4.79 Å². The summed E-state index contributed by atoms with van der Waals surface area (Å²) in [5.41, 5.74) is 3.38. The van der Waals surface area contributed by atoms with E-state index in [-0.39, 0.29) is 5.97 Å². The molecule has 0 bridgehead atoms. The van der Waals surface area contributed by atoms with Gasteiger partial charge in [-0.05, 0) is 41.8 Å². The Labute approximate surface area is 152 Å². The summed E-state index contributed by atoms with van der Waals surface area (Å²) in [5.74, 6) is -0.260. The van der Waals surface area contributed by atoms with Crippen LogP contribution in [0.15, 0.2) is 41.4 Å². The first kappa shape index (κ1) is 15.7. The molecule has 122 valence electrons. The van der Waals surface area contributed by atoms with Crippen LogP contribution in [0.5, 0.6) is 0 Å². The zero-order valence-electron chi connectivity index (χ0n) is 12.4. The molecule has 1 aliphatic heterocycles. The number of esters is 1. The lowest BCUT2D eigenvalue weighted by Gasteiger charge is -2.16. The third kappa shape index (κ3) is 2.73. The van der Waals surface area contributed by atoms with Gasteiger partial charge in [-0.15, -0.1) is 0 Å². The van der Waals surface area contributed by atoms with Gasteiger partial charge < -0.3 is 14.4 Å². The molecule has 1 aromatic heterocycles. The topological polar surface area (TPSA) is 54.1 Å². The van der Waals surface area contributed by atoms with Gasteiger partial charge in [0.05, 0.1) is 33.4 Å². The van der Waals surface area contributed by atoms with Crippen LogP contribution in [0.3, 0.4) is 0 Å². The maximum Gasteiger partial charge on any atom is 0.338 e. The van der Waals surface area contributed by atoms with Crippen molar-refractivity contribution in [3.05, 3.63) is 57.7 Å². The normalized spacial score (nSPS) is 13.7. The van der Waals surface area contributed by atoms with Crippen LogP contribution >= 0.6 is 35.1 Å². The highest BCUT2D eigenvalue weighted by Gasteiger charge is 2.19. The fraction of sp³-hybridized carbons (Fsp3) is 0.118. The molecule has 0 saturated carbocycles. The first-order valence-electron chi connectivity index (χ1n) is 7.31. The van der Waals surface area contributed by atoms with Crippen LogP contribution in [0.2, 0.25) is 10.0 Å². The summed E-state index contributed by atoms with van der Waals surface area (Å²) < 4.78 is 8.37. The van der Waals surface area contributed by atoms with Crippen LogP contribution in [0.1, 0.15) is 15.9 Å². The molecular weight excluding hydrogens is 367 g/mol. The Kier molecular flexibility index (Phi) is 4.08. The molecule has 0 unspecified atom stereocenters. The van der Waals surface area contributed by atoms with Gasteiger partial charge in [0.1, 0.15) is 0 Å². The summed E-state index contributed by atoms with van der Waals surface area (Å²) >= 11 is 13.8. The van der Waals surface area contributed by atoms with E-state index >= 15 is 0 Å². The van der Waals surface area contributed by atoms with Crippen molar-refractivity contribution >= 4 is 57.7 Å². The van der Waals surface area contributed by atoms with Crippen molar-refractivity contribution in [1.82, 2.24) is 4.98 Å². The number of cyclic esters (lactones) is 1. The molecule has 0 saturated heterocycles. The molecule has 4 rings (SSSR count). The Morgan fingerprint density at radius 1 is 1.17 bits per heavy atom. The molecule has 0 spiro atoms. The number of H-pyrrole nitrogens is 1. The van der Waals surface area contributed by atoms with E-state index in [1.54, 1.807) is 12.3 Å². The van der Waals surface area contributed by atoms with Crippen LogP contribution in [-0.4, -0.2) is 17.6 Å². The molecule has 0 aliphatic carbocycles. The zero-order chi connectivity index (χ0) is 16.7. The predicted octanol–water partition coefficient (Wildman–Crippen LogP) is 5.31. The van der Waals surface area contributed by atoms with E-state index in [1.165, 1.54) is 11.9 Å². The molecule has 4 nitrogen and oxygen atoms in total. The van der Waals surface area contributed by atoms with Crippen molar-refractivity contribution in [1.29, 1.82) is 0 Å². The van der Waals surface area contributed by atoms with Crippen LogP contribution < -0.4 is 4.72 Å². The number of aromatic nitrogens is 1. The van der Waals surface area contributed by atoms with Gasteiger partial charge in [-0.25, -0.2) is 4.79 Å². The van der Waals surface area contributed by atoms with E-state index in [4.69, 9.17) is 27.9 Å². The highest BCUT2D eigenvalue weighted by molar-refractivity contribution is 8.00. The van der Waals surface area contributed by atoms with Gasteiger partial charge in [-0.3, -0.25) is 0 Å². The van der Waals surface area contributed by atoms with Crippen molar-refractivity contribution < 1.29 is 9.53 Å². The Bertz CT molecular complexity index is 955. The first-order chi connectivity index (χ1) is 11.6. The highest BCUT2D eigenvalue weighted by Crippen LogP contribution is 2.36. The number of carbonyl (C=O) groups excluding carboxylic acids is 1. The summed E-state index contributed by atoms with van der Waals surface area (Å²) in [6.45, 7) is 0.451. The quantitative estimate of drug-likeness (QED) is 0.479. The number of ether oxygens (including phenoxy) is 1. The third-order valence-corrected chi connectivity index (χ3v) is 5.35. The average Bonchev–Trinajstić information content (AvgIpc) is 2.98. The molecule has 0 atom stereocenters. The molecule has 0 radical (unpaired) electrons. The van der Waals surface area contributed by atoms with Gasteiger partial charge in [0.25, 0.3) is 0 Å². The van der Waals surface area contributed by atoms with Gasteiger partial charge in [-0.1, -0.05) is 29.3 Å². The minimum atomic E-state index is -0.260. The lowest BCUT2D eigenvalue weighted by Crippen LogP contribution is -2.17. The number of benzene rings is 2. The number of rotatable bonds is 3. The number of anilines is 1. The largest absolute Gasteiger partial charge is 0.462 e. The molecule has 2 N–H and O–H groups in total. The van der Waals surface area contributed by atoms with Crippen LogP contribution in [-0.2, 0) is 11.2 Å². The Morgan fingerprint density at radius 3 is 2.92 bits per heavy atom. The standard InChI is InChI=1S/C17H12Cl2N2O2S/c18-12-3-4-14(16-15(12)13(19)8-20-16)21-24-10-2-1-9-5-6-23-17(22)11(9)7-10/h1-4,7-8,20-21H,5-6H2. The monoisotopic (exact) mass is 378 g/mol. The minimum absolute atomic E-state index is 0.260. The summed E-state index contributed by atoms with van der Waals surface area (Å²) in [5, 5.41) is 1.97. The molecule has 24 heavy (non-hydrogen) atoms. The van der Waals surface area contributed by atoms with Gasteiger partial charge >= 0.3 is 5.97 Å². The molecule has 0 amide bonds. The molecular formula is C17H12Cl2N2O2S. The lowest BCUT2D eigenvalue weighted by molar-refractivity contribution is 0.0480. The number of aromatic amines is 1. The Balaban J connectivity index is 1.61. The van der Waals surface area contributed by atoms with Crippen LogP contribution in [0, 0.1) is 0 Å². The van der Waals surface area contributed by atoms with Crippen molar-refractivity contribution in [3.8, 4) is 0 Å². The number of halogens is 2.